The van der Waals surface area contributed by atoms with Gasteiger partial charge < -0.3 is 10.6 Å². The van der Waals surface area contributed by atoms with Crippen molar-refractivity contribution in [3.63, 3.8) is 0 Å². The minimum Gasteiger partial charge on any atom is -0.330 e. The van der Waals surface area contributed by atoms with E-state index in [1.54, 1.807) is 17.0 Å². The van der Waals surface area contributed by atoms with E-state index in [0.717, 1.165) is 25.9 Å². The van der Waals surface area contributed by atoms with Gasteiger partial charge in [0.25, 0.3) is 0 Å². The van der Waals surface area contributed by atoms with Gasteiger partial charge in [-0.3, -0.25) is 4.90 Å². The van der Waals surface area contributed by atoms with Crippen LogP contribution >= 0.6 is 0 Å². The summed E-state index contributed by atoms with van der Waals surface area (Å²) in [5.74, 6) is 0.191. The van der Waals surface area contributed by atoms with Crippen LogP contribution in [0.15, 0.2) is 24.3 Å². The molecule has 0 saturated carbocycles. The third-order valence-corrected chi connectivity index (χ3v) is 3.86. The number of likely N-dealkylation sites (tertiary alicyclic amines) is 1. The first-order valence-corrected chi connectivity index (χ1v) is 7.64. The number of nitrogens with two attached hydrogens (primary N) is 1. The molecular formula is C16H24FN3O. The molecule has 1 aliphatic rings. The second-order valence-electron chi connectivity index (χ2n) is 5.75. The zero-order valence-corrected chi connectivity index (χ0v) is 12.6. The summed E-state index contributed by atoms with van der Waals surface area (Å²) in [4.78, 5) is 16.3. The minimum absolute atomic E-state index is 0.0411. The van der Waals surface area contributed by atoms with Crippen LogP contribution in [-0.4, -0.2) is 37.1 Å². The molecule has 1 aromatic rings. The molecular weight excluding hydrogens is 269 g/mol. The molecule has 0 aromatic heterocycles. The minimum atomic E-state index is -0.329. The van der Waals surface area contributed by atoms with Gasteiger partial charge in [-0.1, -0.05) is 13.0 Å². The normalized spacial score (nSPS) is 18.6. The Morgan fingerprint density at radius 1 is 1.52 bits per heavy atom. The molecule has 0 radical (unpaired) electrons. The average Bonchev–Trinajstić information content (AvgIpc) is 2.47. The Labute approximate surface area is 125 Å². The van der Waals surface area contributed by atoms with E-state index in [4.69, 9.17) is 5.73 Å². The lowest BCUT2D eigenvalue weighted by Gasteiger charge is -2.35. The summed E-state index contributed by atoms with van der Waals surface area (Å²) in [6, 6.07) is 6.15. The van der Waals surface area contributed by atoms with Gasteiger partial charge in [0, 0.05) is 25.3 Å². The first-order valence-electron chi connectivity index (χ1n) is 7.64. The molecule has 1 fully saturated rings. The number of nitrogens with zero attached hydrogens (tertiary/aromatic N) is 2. The number of rotatable bonds is 4. The van der Waals surface area contributed by atoms with E-state index in [-0.39, 0.29) is 11.8 Å². The number of urea groups is 1. The third kappa shape index (κ3) is 4.17. The van der Waals surface area contributed by atoms with Gasteiger partial charge in [-0.05, 0) is 49.9 Å². The van der Waals surface area contributed by atoms with Crippen LogP contribution in [0.1, 0.15) is 26.2 Å². The molecule has 116 valence electrons. The monoisotopic (exact) mass is 293 g/mol. The summed E-state index contributed by atoms with van der Waals surface area (Å²) in [6.07, 6.45) is 2.89. The highest BCUT2D eigenvalue weighted by atomic mass is 19.1. The lowest BCUT2D eigenvalue weighted by atomic mass is 10.0. The fourth-order valence-electron chi connectivity index (χ4n) is 2.76. The smallest absolute Gasteiger partial charge is 0.324 e. The molecule has 4 nitrogen and oxygen atoms in total. The Kier molecular flexibility index (Phi) is 5.56. The van der Waals surface area contributed by atoms with Crippen molar-refractivity contribution in [3.05, 3.63) is 30.1 Å². The zero-order chi connectivity index (χ0) is 15.2. The fraction of sp³-hybridized carbons (Fsp3) is 0.562. The molecule has 0 spiro atoms. The van der Waals surface area contributed by atoms with E-state index in [1.807, 2.05) is 4.90 Å². The van der Waals surface area contributed by atoms with Crippen molar-refractivity contribution in [2.45, 2.75) is 26.2 Å². The lowest BCUT2D eigenvalue weighted by Crippen LogP contribution is -2.48. The zero-order valence-electron chi connectivity index (χ0n) is 12.6. The molecule has 21 heavy (non-hydrogen) atoms. The van der Waals surface area contributed by atoms with E-state index in [2.05, 4.69) is 6.92 Å². The van der Waals surface area contributed by atoms with Crippen LogP contribution in [0.5, 0.6) is 0 Å². The van der Waals surface area contributed by atoms with Crippen LogP contribution in [0.25, 0.3) is 0 Å². The van der Waals surface area contributed by atoms with Crippen LogP contribution in [0.3, 0.4) is 0 Å². The summed E-state index contributed by atoms with van der Waals surface area (Å²) in [6.45, 7) is 4.73. The van der Waals surface area contributed by atoms with E-state index >= 15 is 0 Å². The second-order valence-corrected chi connectivity index (χ2v) is 5.75. The van der Waals surface area contributed by atoms with Crippen LogP contribution in [0, 0.1) is 11.7 Å². The van der Waals surface area contributed by atoms with Crippen molar-refractivity contribution < 1.29 is 9.18 Å². The average molecular weight is 293 g/mol. The van der Waals surface area contributed by atoms with Gasteiger partial charge in [-0.25, -0.2) is 9.18 Å². The number of halogens is 1. The molecule has 2 N–H and O–H groups in total. The van der Waals surface area contributed by atoms with Crippen molar-refractivity contribution in [2.75, 3.05) is 31.1 Å². The molecule has 2 rings (SSSR count). The highest BCUT2D eigenvalue weighted by Gasteiger charge is 2.26. The number of carbonyl (C=O) groups is 1. The number of anilines is 1. The number of carbonyl (C=O) groups excluding carboxylic acids is 1. The van der Waals surface area contributed by atoms with E-state index < -0.39 is 0 Å². The lowest BCUT2D eigenvalue weighted by molar-refractivity contribution is 0.176. The molecule has 5 heteroatoms. The van der Waals surface area contributed by atoms with Gasteiger partial charge >= 0.3 is 6.03 Å². The highest BCUT2D eigenvalue weighted by molar-refractivity contribution is 5.92. The SMILES string of the molecule is CC1CCCN(C(=O)N(CCCN)c2cccc(F)c2)C1. The predicted molar refractivity (Wildman–Crippen MR) is 82.8 cm³/mol. The van der Waals surface area contributed by atoms with Crippen molar-refractivity contribution in [3.8, 4) is 0 Å². The molecule has 1 aromatic carbocycles. The van der Waals surface area contributed by atoms with Crippen molar-refractivity contribution >= 4 is 11.7 Å². The van der Waals surface area contributed by atoms with Crippen LogP contribution in [-0.2, 0) is 0 Å². The number of hydrogen-bond donors (Lipinski definition) is 1. The van der Waals surface area contributed by atoms with Gasteiger partial charge in [0.05, 0.1) is 0 Å². The number of hydrogen-bond acceptors (Lipinski definition) is 2. The molecule has 1 heterocycles. The van der Waals surface area contributed by atoms with Crippen LogP contribution in [0.4, 0.5) is 14.9 Å². The van der Waals surface area contributed by atoms with Gasteiger partial charge in [0.2, 0.25) is 0 Å². The standard InChI is InChI=1S/C16H24FN3O/c1-13-5-3-9-19(12-13)16(21)20(10-4-8-18)15-7-2-6-14(17)11-15/h2,6-7,11,13H,3-5,8-10,12,18H2,1H3. The fourth-order valence-corrected chi connectivity index (χ4v) is 2.76. The Morgan fingerprint density at radius 2 is 2.33 bits per heavy atom. The summed E-state index contributed by atoms with van der Waals surface area (Å²) in [5, 5.41) is 0. The van der Waals surface area contributed by atoms with Crippen LogP contribution in [0.2, 0.25) is 0 Å². The molecule has 2 amide bonds. The molecule has 0 bridgehead atoms. The molecule has 0 aliphatic carbocycles. The summed E-state index contributed by atoms with van der Waals surface area (Å²) in [5.41, 5.74) is 6.16. The van der Waals surface area contributed by atoms with Crippen molar-refractivity contribution in [2.24, 2.45) is 11.7 Å². The van der Waals surface area contributed by atoms with Crippen molar-refractivity contribution in [1.29, 1.82) is 0 Å². The van der Waals surface area contributed by atoms with Crippen LogP contribution < -0.4 is 10.6 Å². The van der Waals surface area contributed by atoms with Gasteiger partial charge in [-0.2, -0.15) is 0 Å². The maximum absolute atomic E-state index is 13.4. The highest BCUT2D eigenvalue weighted by Crippen LogP contribution is 2.21. The summed E-state index contributed by atoms with van der Waals surface area (Å²) in [7, 11) is 0. The van der Waals surface area contributed by atoms with Gasteiger partial charge in [0.15, 0.2) is 0 Å². The first kappa shape index (κ1) is 15.8. The first-order chi connectivity index (χ1) is 10.1. The Morgan fingerprint density at radius 3 is 3.00 bits per heavy atom. The summed E-state index contributed by atoms with van der Waals surface area (Å²) < 4.78 is 13.4. The van der Waals surface area contributed by atoms with E-state index in [9.17, 15) is 9.18 Å². The van der Waals surface area contributed by atoms with Gasteiger partial charge in [0.1, 0.15) is 5.82 Å². The molecule has 1 atom stereocenters. The molecule has 1 unspecified atom stereocenters. The van der Waals surface area contributed by atoms with Gasteiger partial charge in [-0.15, -0.1) is 0 Å². The Bertz CT molecular complexity index is 480. The number of amides is 2. The number of piperidine rings is 1. The Balaban J connectivity index is 2.16. The van der Waals surface area contributed by atoms with E-state index in [1.165, 1.54) is 12.1 Å². The third-order valence-electron chi connectivity index (χ3n) is 3.86. The molecule has 1 saturated heterocycles. The summed E-state index contributed by atoms with van der Waals surface area (Å²) >= 11 is 0. The predicted octanol–water partition coefficient (Wildman–Crippen LogP) is 2.83. The van der Waals surface area contributed by atoms with Crippen molar-refractivity contribution in [1.82, 2.24) is 4.90 Å². The van der Waals surface area contributed by atoms with E-state index in [0.29, 0.717) is 31.1 Å². The topological polar surface area (TPSA) is 49.6 Å². The maximum atomic E-state index is 13.4. The molecule has 1 aliphatic heterocycles. The second kappa shape index (κ2) is 7.41. The Hall–Kier alpha value is -1.62. The number of benzene rings is 1. The largest absolute Gasteiger partial charge is 0.330 e. The maximum Gasteiger partial charge on any atom is 0.324 e. The quantitative estimate of drug-likeness (QED) is 0.928.